The second-order valence-corrected chi connectivity index (χ2v) is 6.39. The van der Waals surface area contributed by atoms with Gasteiger partial charge in [-0.1, -0.05) is 12.1 Å². The van der Waals surface area contributed by atoms with Crippen molar-refractivity contribution in [2.75, 3.05) is 25.0 Å². The molecule has 1 aliphatic heterocycles. The van der Waals surface area contributed by atoms with Crippen molar-refractivity contribution in [3.8, 4) is 0 Å². The zero-order valence-corrected chi connectivity index (χ0v) is 14.2. The van der Waals surface area contributed by atoms with Gasteiger partial charge in [0.15, 0.2) is 5.11 Å². The van der Waals surface area contributed by atoms with E-state index in [1.54, 1.807) is 6.26 Å². The molecule has 3 rings (SSSR count). The summed E-state index contributed by atoms with van der Waals surface area (Å²) in [4.78, 5) is 2.46. The number of thiocarbonyl (C=S) groups is 1. The normalized spacial score (nSPS) is 16.2. The number of hydrogen-bond donors (Lipinski definition) is 2. The van der Waals surface area contributed by atoms with Gasteiger partial charge in [-0.2, -0.15) is 0 Å². The first-order valence-corrected chi connectivity index (χ1v) is 8.52. The molecule has 122 valence electrons. The SMILES string of the molecule is Cc1cccc(NC(=S)NCC(c2ccco2)N2CCCC2)c1. The highest BCUT2D eigenvalue weighted by molar-refractivity contribution is 7.80. The van der Waals surface area contributed by atoms with Gasteiger partial charge in [-0.3, -0.25) is 4.90 Å². The molecule has 2 aromatic rings. The van der Waals surface area contributed by atoms with E-state index in [1.165, 1.54) is 18.4 Å². The number of aryl methyl sites for hydroxylation is 1. The summed E-state index contributed by atoms with van der Waals surface area (Å²) in [6.45, 7) is 5.05. The molecule has 0 aliphatic carbocycles. The van der Waals surface area contributed by atoms with Crippen LogP contribution in [-0.4, -0.2) is 29.6 Å². The van der Waals surface area contributed by atoms with E-state index in [1.807, 2.05) is 24.3 Å². The van der Waals surface area contributed by atoms with Crippen LogP contribution in [0.1, 0.15) is 30.2 Å². The Morgan fingerprint density at radius 2 is 2.09 bits per heavy atom. The molecule has 1 unspecified atom stereocenters. The maximum Gasteiger partial charge on any atom is 0.170 e. The smallest absolute Gasteiger partial charge is 0.170 e. The van der Waals surface area contributed by atoms with Crippen LogP contribution in [0.3, 0.4) is 0 Å². The van der Waals surface area contributed by atoms with Gasteiger partial charge in [0, 0.05) is 12.2 Å². The molecule has 0 saturated carbocycles. The van der Waals surface area contributed by atoms with E-state index >= 15 is 0 Å². The second kappa shape index (κ2) is 7.62. The maximum absolute atomic E-state index is 5.63. The Kier molecular flexibility index (Phi) is 5.31. The standard InChI is InChI=1S/C18H23N3OS/c1-14-6-4-7-15(12-14)20-18(23)19-13-16(17-8-5-11-22-17)21-9-2-3-10-21/h4-8,11-12,16H,2-3,9-10,13H2,1H3,(H2,19,20,23). The minimum absolute atomic E-state index is 0.227. The Labute approximate surface area is 142 Å². The first-order valence-electron chi connectivity index (χ1n) is 8.11. The molecule has 23 heavy (non-hydrogen) atoms. The van der Waals surface area contributed by atoms with Crippen molar-refractivity contribution in [3.05, 3.63) is 54.0 Å². The molecule has 1 aliphatic rings. The third-order valence-corrected chi connectivity index (χ3v) is 4.43. The summed E-state index contributed by atoms with van der Waals surface area (Å²) in [6.07, 6.45) is 4.24. The Hall–Kier alpha value is -1.85. The summed E-state index contributed by atoms with van der Waals surface area (Å²) >= 11 is 5.43. The zero-order valence-electron chi connectivity index (χ0n) is 13.4. The first kappa shape index (κ1) is 16.0. The molecule has 1 aromatic carbocycles. The van der Waals surface area contributed by atoms with Gasteiger partial charge in [-0.25, -0.2) is 0 Å². The molecule has 0 bridgehead atoms. The molecule has 0 radical (unpaired) electrons. The van der Waals surface area contributed by atoms with Crippen LogP contribution >= 0.6 is 12.2 Å². The summed E-state index contributed by atoms with van der Waals surface area (Å²) in [7, 11) is 0. The third-order valence-electron chi connectivity index (χ3n) is 4.18. The molecular formula is C18H23N3OS. The predicted molar refractivity (Wildman–Crippen MR) is 97.7 cm³/mol. The van der Waals surface area contributed by atoms with Crippen LogP contribution in [0.2, 0.25) is 0 Å². The lowest BCUT2D eigenvalue weighted by Crippen LogP contribution is -2.38. The summed E-state index contributed by atoms with van der Waals surface area (Å²) in [6, 6.07) is 12.4. The minimum atomic E-state index is 0.227. The monoisotopic (exact) mass is 329 g/mol. The van der Waals surface area contributed by atoms with Gasteiger partial charge in [0.2, 0.25) is 0 Å². The van der Waals surface area contributed by atoms with Crippen LogP contribution in [0.5, 0.6) is 0 Å². The van der Waals surface area contributed by atoms with E-state index in [0.717, 1.165) is 31.1 Å². The van der Waals surface area contributed by atoms with Crippen LogP contribution in [0.4, 0.5) is 5.69 Å². The van der Waals surface area contributed by atoms with E-state index in [9.17, 15) is 0 Å². The summed E-state index contributed by atoms with van der Waals surface area (Å²) < 4.78 is 5.63. The van der Waals surface area contributed by atoms with Gasteiger partial charge < -0.3 is 15.1 Å². The molecule has 0 amide bonds. The fourth-order valence-electron chi connectivity index (χ4n) is 3.03. The highest BCUT2D eigenvalue weighted by Crippen LogP contribution is 2.24. The van der Waals surface area contributed by atoms with Crippen molar-refractivity contribution in [1.82, 2.24) is 10.2 Å². The lowest BCUT2D eigenvalue weighted by molar-refractivity contribution is 0.216. The fourth-order valence-corrected chi connectivity index (χ4v) is 3.23. The van der Waals surface area contributed by atoms with Crippen molar-refractivity contribution in [1.29, 1.82) is 0 Å². The van der Waals surface area contributed by atoms with E-state index in [-0.39, 0.29) is 6.04 Å². The summed E-state index contributed by atoms with van der Waals surface area (Å²) in [5, 5.41) is 7.22. The van der Waals surface area contributed by atoms with Crippen molar-refractivity contribution < 1.29 is 4.42 Å². The topological polar surface area (TPSA) is 40.4 Å². The minimum Gasteiger partial charge on any atom is -0.468 e. The van der Waals surface area contributed by atoms with Gasteiger partial charge in [0.05, 0.1) is 12.3 Å². The maximum atomic E-state index is 5.63. The quantitative estimate of drug-likeness (QED) is 0.818. The Bertz CT molecular complexity index is 635. The number of benzene rings is 1. The number of nitrogens with zero attached hydrogens (tertiary/aromatic N) is 1. The van der Waals surface area contributed by atoms with Crippen molar-refractivity contribution >= 4 is 23.0 Å². The molecule has 1 atom stereocenters. The number of likely N-dealkylation sites (tertiary alicyclic amines) is 1. The molecular weight excluding hydrogens is 306 g/mol. The van der Waals surface area contributed by atoms with E-state index in [0.29, 0.717) is 5.11 Å². The number of furan rings is 1. The molecule has 1 saturated heterocycles. The van der Waals surface area contributed by atoms with Crippen LogP contribution in [0.15, 0.2) is 47.1 Å². The fraction of sp³-hybridized carbons (Fsp3) is 0.389. The van der Waals surface area contributed by atoms with Gasteiger partial charge in [0.25, 0.3) is 0 Å². The highest BCUT2D eigenvalue weighted by atomic mass is 32.1. The lowest BCUT2D eigenvalue weighted by Gasteiger charge is -2.26. The van der Waals surface area contributed by atoms with Gasteiger partial charge >= 0.3 is 0 Å². The molecule has 0 spiro atoms. The zero-order chi connectivity index (χ0) is 16.1. The Morgan fingerprint density at radius 1 is 1.26 bits per heavy atom. The van der Waals surface area contributed by atoms with Gasteiger partial charge in [-0.15, -0.1) is 0 Å². The predicted octanol–water partition coefficient (Wildman–Crippen LogP) is 3.71. The molecule has 1 fully saturated rings. The van der Waals surface area contributed by atoms with Gasteiger partial charge in [0.1, 0.15) is 5.76 Å². The van der Waals surface area contributed by atoms with Crippen molar-refractivity contribution in [3.63, 3.8) is 0 Å². The molecule has 4 nitrogen and oxygen atoms in total. The molecule has 2 heterocycles. The molecule has 2 N–H and O–H groups in total. The number of rotatable bonds is 5. The van der Waals surface area contributed by atoms with Crippen LogP contribution < -0.4 is 10.6 Å². The van der Waals surface area contributed by atoms with Gasteiger partial charge in [-0.05, 0) is 74.9 Å². The second-order valence-electron chi connectivity index (χ2n) is 5.98. The average Bonchev–Trinajstić information content (AvgIpc) is 3.21. The van der Waals surface area contributed by atoms with Crippen molar-refractivity contribution in [2.45, 2.75) is 25.8 Å². The number of anilines is 1. The molecule has 5 heteroatoms. The van der Waals surface area contributed by atoms with Crippen molar-refractivity contribution in [2.24, 2.45) is 0 Å². The number of nitrogens with one attached hydrogen (secondary N) is 2. The van der Waals surface area contributed by atoms with Crippen LogP contribution in [0.25, 0.3) is 0 Å². The Balaban J connectivity index is 1.59. The highest BCUT2D eigenvalue weighted by Gasteiger charge is 2.25. The number of hydrogen-bond acceptors (Lipinski definition) is 3. The summed E-state index contributed by atoms with van der Waals surface area (Å²) in [5.41, 5.74) is 2.22. The lowest BCUT2D eigenvalue weighted by atomic mass is 10.2. The van der Waals surface area contributed by atoms with E-state index < -0.39 is 0 Å². The largest absolute Gasteiger partial charge is 0.468 e. The van der Waals surface area contributed by atoms with E-state index in [4.69, 9.17) is 16.6 Å². The van der Waals surface area contributed by atoms with E-state index in [2.05, 4.69) is 34.6 Å². The average molecular weight is 329 g/mol. The third kappa shape index (κ3) is 4.33. The first-order chi connectivity index (χ1) is 11.2. The molecule has 1 aromatic heterocycles. The van der Waals surface area contributed by atoms with Crippen LogP contribution in [0, 0.1) is 6.92 Å². The Morgan fingerprint density at radius 3 is 2.78 bits per heavy atom. The van der Waals surface area contributed by atoms with Crippen LogP contribution in [-0.2, 0) is 0 Å². The summed E-state index contributed by atoms with van der Waals surface area (Å²) in [5.74, 6) is 0.998.